The fourth-order valence-corrected chi connectivity index (χ4v) is 1.56. The average molecular weight is 308 g/mol. The van der Waals surface area contributed by atoms with Crippen LogP contribution in [0.25, 0.3) is 0 Å². The predicted molar refractivity (Wildman–Crippen MR) is 85.0 cm³/mol. The highest BCUT2D eigenvalue weighted by atomic mass is 16.5. The van der Waals surface area contributed by atoms with Crippen molar-refractivity contribution < 1.29 is 19.1 Å². The Labute approximate surface area is 131 Å². The van der Waals surface area contributed by atoms with Crippen LogP contribution in [0.4, 0.5) is 10.5 Å². The highest BCUT2D eigenvalue weighted by molar-refractivity contribution is 5.84. The van der Waals surface area contributed by atoms with Gasteiger partial charge in [0.05, 0.1) is 6.61 Å². The summed E-state index contributed by atoms with van der Waals surface area (Å²) < 4.78 is 10.2. The molecule has 0 aliphatic heterocycles. The van der Waals surface area contributed by atoms with Crippen LogP contribution in [-0.2, 0) is 9.53 Å². The second kappa shape index (κ2) is 8.92. The summed E-state index contributed by atoms with van der Waals surface area (Å²) in [7, 11) is 0. The van der Waals surface area contributed by atoms with E-state index in [1.807, 2.05) is 20.8 Å². The number of hydrogen-bond acceptors (Lipinski definition) is 4. The Kier molecular flexibility index (Phi) is 7.22. The Morgan fingerprint density at radius 2 is 1.95 bits per heavy atom. The first-order valence-electron chi connectivity index (χ1n) is 7.38. The number of amides is 2. The molecule has 0 aliphatic carbocycles. The first-order valence-corrected chi connectivity index (χ1v) is 7.38. The molecule has 6 nitrogen and oxygen atoms in total. The monoisotopic (exact) mass is 308 g/mol. The van der Waals surface area contributed by atoms with Crippen molar-refractivity contribution in [1.82, 2.24) is 5.32 Å². The summed E-state index contributed by atoms with van der Waals surface area (Å²) >= 11 is 0. The number of ether oxygens (including phenoxy) is 2. The number of anilines is 1. The molecule has 1 rings (SSSR count). The Morgan fingerprint density at radius 1 is 1.23 bits per heavy atom. The molecule has 0 saturated heterocycles. The minimum absolute atomic E-state index is 0.0695. The van der Waals surface area contributed by atoms with Gasteiger partial charge in [-0.25, -0.2) is 4.79 Å². The van der Waals surface area contributed by atoms with Crippen molar-refractivity contribution in [2.24, 2.45) is 5.92 Å². The molecule has 0 radical (unpaired) electrons. The Balaban J connectivity index is 2.49. The molecule has 1 aromatic rings. The lowest BCUT2D eigenvalue weighted by molar-refractivity contribution is -0.124. The van der Waals surface area contributed by atoms with E-state index < -0.39 is 6.09 Å². The van der Waals surface area contributed by atoms with Crippen LogP contribution in [0.2, 0.25) is 0 Å². The smallest absolute Gasteiger partial charge is 0.411 e. The second-order valence-electron chi connectivity index (χ2n) is 5.26. The van der Waals surface area contributed by atoms with E-state index in [4.69, 9.17) is 9.47 Å². The minimum atomic E-state index is -0.525. The lowest BCUT2D eigenvalue weighted by atomic mass is 10.1. The van der Waals surface area contributed by atoms with Crippen molar-refractivity contribution >= 4 is 17.7 Å². The molecule has 0 fully saturated rings. The van der Waals surface area contributed by atoms with Gasteiger partial charge in [-0.05, 0) is 31.9 Å². The largest absolute Gasteiger partial charge is 0.484 e. The number of benzene rings is 1. The van der Waals surface area contributed by atoms with Crippen LogP contribution in [0, 0.1) is 5.92 Å². The first kappa shape index (κ1) is 17.8. The molecule has 0 saturated carbocycles. The van der Waals surface area contributed by atoms with Gasteiger partial charge in [-0.1, -0.05) is 19.9 Å². The number of carbonyl (C=O) groups is 2. The van der Waals surface area contributed by atoms with Crippen LogP contribution in [-0.4, -0.2) is 31.3 Å². The third kappa shape index (κ3) is 6.47. The van der Waals surface area contributed by atoms with Crippen LogP contribution in [0.15, 0.2) is 24.3 Å². The average Bonchev–Trinajstić information content (AvgIpc) is 2.45. The number of rotatable bonds is 7. The van der Waals surface area contributed by atoms with E-state index >= 15 is 0 Å². The van der Waals surface area contributed by atoms with Crippen molar-refractivity contribution in [3.8, 4) is 5.75 Å². The third-order valence-electron chi connectivity index (χ3n) is 3.11. The van der Waals surface area contributed by atoms with Crippen LogP contribution in [0.1, 0.15) is 27.7 Å². The van der Waals surface area contributed by atoms with Gasteiger partial charge in [0.25, 0.3) is 5.91 Å². The highest BCUT2D eigenvalue weighted by Crippen LogP contribution is 2.17. The summed E-state index contributed by atoms with van der Waals surface area (Å²) in [5.74, 6) is 0.688. The molecule has 0 spiro atoms. The van der Waals surface area contributed by atoms with E-state index in [0.717, 1.165) is 0 Å². The maximum absolute atomic E-state index is 11.8. The van der Waals surface area contributed by atoms with Crippen LogP contribution >= 0.6 is 0 Å². The lowest BCUT2D eigenvalue weighted by Gasteiger charge is -2.17. The SMILES string of the molecule is CCOC(=O)Nc1cccc(OCC(=O)NC(C)C(C)C)c1. The van der Waals surface area contributed by atoms with Gasteiger partial charge in [0.2, 0.25) is 0 Å². The fourth-order valence-electron chi connectivity index (χ4n) is 1.56. The predicted octanol–water partition coefficient (Wildman–Crippen LogP) is 2.79. The molecular formula is C16H24N2O4. The molecule has 1 aromatic carbocycles. The van der Waals surface area contributed by atoms with Gasteiger partial charge in [0.15, 0.2) is 6.61 Å². The summed E-state index contributed by atoms with van der Waals surface area (Å²) in [5.41, 5.74) is 0.548. The number of carbonyl (C=O) groups excluding carboxylic acids is 2. The van der Waals surface area contributed by atoms with E-state index in [2.05, 4.69) is 10.6 Å². The van der Waals surface area contributed by atoms with E-state index in [1.165, 1.54) is 0 Å². The van der Waals surface area contributed by atoms with Gasteiger partial charge in [-0.2, -0.15) is 0 Å². The minimum Gasteiger partial charge on any atom is -0.484 e. The van der Waals surface area contributed by atoms with Gasteiger partial charge in [-0.15, -0.1) is 0 Å². The topological polar surface area (TPSA) is 76.7 Å². The van der Waals surface area contributed by atoms with E-state index in [9.17, 15) is 9.59 Å². The van der Waals surface area contributed by atoms with Gasteiger partial charge >= 0.3 is 6.09 Å². The first-order chi connectivity index (χ1) is 10.4. The molecule has 122 valence electrons. The zero-order chi connectivity index (χ0) is 16.5. The van der Waals surface area contributed by atoms with Crippen LogP contribution in [0.3, 0.4) is 0 Å². The summed E-state index contributed by atoms with van der Waals surface area (Å²) in [6, 6.07) is 6.88. The lowest BCUT2D eigenvalue weighted by Crippen LogP contribution is -2.38. The summed E-state index contributed by atoms with van der Waals surface area (Å²) in [4.78, 5) is 23.1. The van der Waals surface area contributed by atoms with E-state index in [1.54, 1.807) is 31.2 Å². The van der Waals surface area contributed by atoms with Crippen molar-refractivity contribution in [2.45, 2.75) is 33.7 Å². The maximum Gasteiger partial charge on any atom is 0.411 e. The van der Waals surface area contributed by atoms with Crippen LogP contribution in [0.5, 0.6) is 5.75 Å². The Bertz CT molecular complexity index is 503. The number of hydrogen-bond donors (Lipinski definition) is 2. The molecule has 0 aliphatic rings. The second-order valence-corrected chi connectivity index (χ2v) is 5.26. The van der Waals surface area contributed by atoms with E-state index in [-0.39, 0.29) is 18.6 Å². The van der Waals surface area contributed by atoms with Crippen LogP contribution < -0.4 is 15.4 Å². The molecule has 1 unspecified atom stereocenters. The molecule has 1 atom stereocenters. The number of nitrogens with one attached hydrogen (secondary N) is 2. The molecule has 6 heteroatoms. The van der Waals surface area contributed by atoms with E-state index in [0.29, 0.717) is 24.0 Å². The standard InChI is InChI=1S/C16H24N2O4/c1-5-21-16(20)18-13-7-6-8-14(9-13)22-10-15(19)17-12(4)11(2)3/h6-9,11-12H,5,10H2,1-4H3,(H,17,19)(H,18,20). The maximum atomic E-state index is 11.8. The van der Waals surface area contributed by atoms with Crippen molar-refractivity contribution in [3.63, 3.8) is 0 Å². The molecular weight excluding hydrogens is 284 g/mol. The molecule has 2 amide bonds. The zero-order valence-corrected chi connectivity index (χ0v) is 13.5. The van der Waals surface area contributed by atoms with Gasteiger partial charge < -0.3 is 14.8 Å². The van der Waals surface area contributed by atoms with Crippen molar-refractivity contribution in [1.29, 1.82) is 0 Å². The summed E-state index contributed by atoms with van der Waals surface area (Å²) in [6.45, 7) is 7.99. The molecule has 0 aromatic heterocycles. The summed E-state index contributed by atoms with van der Waals surface area (Å²) in [6.07, 6.45) is -0.525. The Hall–Kier alpha value is -2.24. The van der Waals surface area contributed by atoms with Gasteiger partial charge in [-0.3, -0.25) is 10.1 Å². The molecule has 22 heavy (non-hydrogen) atoms. The van der Waals surface area contributed by atoms with Gasteiger partial charge in [0, 0.05) is 17.8 Å². The molecule has 0 bridgehead atoms. The Morgan fingerprint density at radius 3 is 2.59 bits per heavy atom. The third-order valence-corrected chi connectivity index (χ3v) is 3.11. The quantitative estimate of drug-likeness (QED) is 0.812. The van der Waals surface area contributed by atoms with Crippen molar-refractivity contribution in [3.05, 3.63) is 24.3 Å². The summed E-state index contributed by atoms with van der Waals surface area (Å²) in [5, 5.41) is 5.44. The van der Waals surface area contributed by atoms with Gasteiger partial charge in [0.1, 0.15) is 5.75 Å². The normalized spacial score (nSPS) is 11.7. The molecule has 2 N–H and O–H groups in total. The molecule has 0 heterocycles. The highest BCUT2D eigenvalue weighted by Gasteiger charge is 2.11. The van der Waals surface area contributed by atoms with Crippen molar-refractivity contribution in [2.75, 3.05) is 18.5 Å². The zero-order valence-electron chi connectivity index (χ0n) is 13.5. The fraction of sp³-hybridized carbons (Fsp3) is 0.500.